The quantitative estimate of drug-likeness (QED) is 0.373. The molecule has 2 aromatic carbocycles. The van der Waals surface area contributed by atoms with Crippen LogP contribution in [0.2, 0.25) is 0 Å². The van der Waals surface area contributed by atoms with Crippen molar-refractivity contribution in [3.05, 3.63) is 88.4 Å². The lowest BCUT2D eigenvalue weighted by Crippen LogP contribution is -2.29. The van der Waals surface area contributed by atoms with E-state index in [0.717, 1.165) is 11.0 Å². The zero-order valence-corrected chi connectivity index (χ0v) is 15.9. The summed E-state index contributed by atoms with van der Waals surface area (Å²) >= 11 is 0. The van der Waals surface area contributed by atoms with Crippen LogP contribution in [0.25, 0.3) is 16.7 Å². The summed E-state index contributed by atoms with van der Waals surface area (Å²) in [5.74, 6) is 0.405. The molecule has 0 radical (unpaired) electrons. The Balaban J connectivity index is 1.56. The second-order valence-electron chi connectivity index (χ2n) is 6.70. The highest BCUT2D eigenvalue weighted by Crippen LogP contribution is 2.27. The summed E-state index contributed by atoms with van der Waals surface area (Å²) < 4.78 is 7.31. The molecule has 0 aliphatic rings. The van der Waals surface area contributed by atoms with Gasteiger partial charge in [-0.1, -0.05) is 24.3 Å². The van der Waals surface area contributed by atoms with Crippen molar-refractivity contribution in [2.45, 2.75) is 13.0 Å². The van der Waals surface area contributed by atoms with E-state index >= 15 is 0 Å². The Morgan fingerprint density at radius 3 is 2.72 bits per heavy atom. The topological polar surface area (TPSA) is 94.4 Å². The molecule has 8 heteroatoms. The maximum Gasteiger partial charge on any atom is 0.274 e. The summed E-state index contributed by atoms with van der Waals surface area (Å²) in [6.45, 7) is 1.88. The van der Waals surface area contributed by atoms with Gasteiger partial charge in [-0.25, -0.2) is 4.68 Å². The fraction of sp³-hybridized carbons (Fsp3) is 0.143. The summed E-state index contributed by atoms with van der Waals surface area (Å²) in [7, 11) is 1.69. The average molecular weight is 390 g/mol. The fourth-order valence-corrected chi connectivity index (χ4v) is 3.09. The van der Waals surface area contributed by atoms with Crippen molar-refractivity contribution in [2.24, 2.45) is 0 Å². The second-order valence-corrected chi connectivity index (χ2v) is 6.70. The Morgan fingerprint density at radius 1 is 1.17 bits per heavy atom. The molecular weight excluding hydrogens is 372 g/mol. The highest BCUT2D eigenvalue weighted by atomic mass is 16.6. The number of rotatable bonds is 5. The minimum Gasteiger partial charge on any atom is -0.459 e. The van der Waals surface area contributed by atoms with Gasteiger partial charge in [-0.3, -0.25) is 14.9 Å². The normalized spacial score (nSPS) is 12.1. The number of carbonyl (C=O) groups is 1. The largest absolute Gasteiger partial charge is 0.459 e. The van der Waals surface area contributed by atoms with Crippen LogP contribution in [0, 0.1) is 10.1 Å². The molecular formula is C21H18N4O4. The summed E-state index contributed by atoms with van der Waals surface area (Å²) in [5, 5.41) is 16.2. The number of nitro groups is 1. The Morgan fingerprint density at radius 2 is 1.97 bits per heavy atom. The van der Waals surface area contributed by atoms with Crippen LogP contribution in [-0.2, 0) is 0 Å². The number of nitro benzene ring substituents is 1. The van der Waals surface area contributed by atoms with Gasteiger partial charge < -0.3 is 9.32 Å². The van der Waals surface area contributed by atoms with Crippen molar-refractivity contribution in [3.8, 4) is 5.69 Å². The van der Waals surface area contributed by atoms with Gasteiger partial charge in [-0.05, 0) is 31.2 Å². The third-order valence-electron chi connectivity index (χ3n) is 4.87. The first-order valence-electron chi connectivity index (χ1n) is 9.00. The monoisotopic (exact) mass is 390 g/mol. The van der Waals surface area contributed by atoms with Gasteiger partial charge in [-0.15, -0.1) is 0 Å². The van der Waals surface area contributed by atoms with Gasteiger partial charge in [0.2, 0.25) is 0 Å². The molecule has 0 spiro atoms. The van der Waals surface area contributed by atoms with Crippen LogP contribution < -0.4 is 0 Å². The van der Waals surface area contributed by atoms with Gasteiger partial charge >= 0.3 is 0 Å². The zero-order valence-electron chi connectivity index (χ0n) is 15.9. The van der Waals surface area contributed by atoms with Crippen LogP contribution in [0.5, 0.6) is 0 Å². The number of furan rings is 1. The fourth-order valence-electron chi connectivity index (χ4n) is 3.09. The minimum absolute atomic E-state index is 0.0403. The van der Waals surface area contributed by atoms with Gasteiger partial charge in [0.05, 0.1) is 16.7 Å². The molecule has 0 fully saturated rings. The van der Waals surface area contributed by atoms with Crippen molar-refractivity contribution in [3.63, 3.8) is 0 Å². The van der Waals surface area contributed by atoms with Gasteiger partial charge in [0.15, 0.2) is 5.69 Å². The lowest BCUT2D eigenvalue weighted by molar-refractivity contribution is -0.384. The molecule has 2 heterocycles. The number of hydrogen-bond acceptors (Lipinski definition) is 5. The standard InChI is InChI=1S/C21H18N4O4/c1-14(20-12-15-6-3-4-9-19(15)29-20)23(2)21(26)18-10-11-24(22-18)16-7-5-8-17(13-16)25(27)28/h3-14H,1-2H3. The van der Waals surface area contributed by atoms with E-state index in [9.17, 15) is 14.9 Å². The molecule has 0 saturated heterocycles. The summed E-state index contributed by atoms with van der Waals surface area (Å²) in [6, 6.07) is 17.0. The van der Waals surface area contributed by atoms with Gasteiger partial charge in [0.1, 0.15) is 11.3 Å². The average Bonchev–Trinajstić information content (AvgIpc) is 3.39. The molecule has 2 aromatic heterocycles. The number of nitrogens with zero attached hydrogens (tertiary/aromatic N) is 4. The molecule has 1 amide bonds. The number of para-hydroxylation sites is 1. The highest BCUT2D eigenvalue weighted by Gasteiger charge is 2.23. The van der Waals surface area contributed by atoms with E-state index in [1.165, 1.54) is 16.8 Å². The molecule has 1 atom stereocenters. The van der Waals surface area contributed by atoms with Gasteiger partial charge in [-0.2, -0.15) is 5.10 Å². The van der Waals surface area contributed by atoms with Crippen molar-refractivity contribution in [2.75, 3.05) is 7.05 Å². The van der Waals surface area contributed by atoms with E-state index in [1.807, 2.05) is 37.3 Å². The molecule has 0 N–H and O–H groups in total. The second kappa shape index (κ2) is 7.23. The molecule has 0 aliphatic carbocycles. The third-order valence-corrected chi connectivity index (χ3v) is 4.87. The summed E-state index contributed by atoms with van der Waals surface area (Å²) in [6.07, 6.45) is 1.60. The lowest BCUT2D eigenvalue weighted by atomic mass is 10.2. The molecule has 0 bridgehead atoms. The van der Waals surface area contributed by atoms with E-state index in [2.05, 4.69) is 5.10 Å². The number of hydrogen-bond donors (Lipinski definition) is 0. The number of amides is 1. The van der Waals surface area contributed by atoms with Gasteiger partial charge in [0, 0.05) is 30.8 Å². The van der Waals surface area contributed by atoms with Crippen LogP contribution in [-0.4, -0.2) is 32.6 Å². The Bertz CT molecular complexity index is 1180. The van der Waals surface area contributed by atoms with E-state index in [1.54, 1.807) is 36.3 Å². The Labute approximate surface area is 166 Å². The van der Waals surface area contributed by atoms with Crippen LogP contribution in [0.1, 0.15) is 29.2 Å². The highest BCUT2D eigenvalue weighted by molar-refractivity contribution is 5.92. The van der Waals surface area contributed by atoms with Crippen LogP contribution >= 0.6 is 0 Å². The van der Waals surface area contributed by atoms with Crippen LogP contribution in [0.15, 0.2) is 71.3 Å². The van der Waals surface area contributed by atoms with Crippen molar-refractivity contribution >= 4 is 22.6 Å². The molecule has 146 valence electrons. The predicted molar refractivity (Wildman–Crippen MR) is 107 cm³/mol. The smallest absolute Gasteiger partial charge is 0.274 e. The third kappa shape index (κ3) is 3.47. The number of carbonyl (C=O) groups excluding carboxylic acids is 1. The molecule has 4 aromatic rings. The lowest BCUT2D eigenvalue weighted by Gasteiger charge is -2.22. The zero-order chi connectivity index (χ0) is 20.5. The van der Waals surface area contributed by atoms with Crippen molar-refractivity contribution in [1.82, 2.24) is 14.7 Å². The van der Waals surface area contributed by atoms with E-state index in [-0.39, 0.29) is 23.3 Å². The Hall–Kier alpha value is -3.94. The molecule has 29 heavy (non-hydrogen) atoms. The Kier molecular flexibility index (Phi) is 4.59. The maximum atomic E-state index is 12.9. The summed E-state index contributed by atoms with van der Waals surface area (Å²) in [5.41, 5.74) is 1.47. The van der Waals surface area contributed by atoms with Crippen molar-refractivity contribution < 1.29 is 14.1 Å². The first kappa shape index (κ1) is 18.4. The SMILES string of the molecule is CC(c1cc2ccccc2o1)N(C)C(=O)c1ccn(-c2cccc([N+](=O)[O-])c2)n1. The predicted octanol–water partition coefficient (Wildman–Crippen LogP) is 4.36. The number of fused-ring (bicyclic) bond motifs is 1. The first-order chi connectivity index (χ1) is 13.9. The molecule has 1 unspecified atom stereocenters. The van der Waals surface area contributed by atoms with E-state index in [4.69, 9.17) is 4.42 Å². The number of aromatic nitrogens is 2. The maximum absolute atomic E-state index is 12.9. The first-order valence-corrected chi connectivity index (χ1v) is 9.00. The van der Waals surface area contributed by atoms with Crippen molar-refractivity contribution in [1.29, 1.82) is 0 Å². The molecule has 4 rings (SSSR count). The van der Waals surface area contributed by atoms with Crippen LogP contribution in [0.3, 0.4) is 0 Å². The number of non-ortho nitro benzene ring substituents is 1. The van der Waals surface area contributed by atoms with Gasteiger partial charge in [0.25, 0.3) is 11.6 Å². The summed E-state index contributed by atoms with van der Waals surface area (Å²) in [4.78, 5) is 24.9. The number of benzene rings is 2. The minimum atomic E-state index is -0.470. The molecule has 0 saturated carbocycles. The van der Waals surface area contributed by atoms with E-state index in [0.29, 0.717) is 11.4 Å². The molecule has 0 aliphatic heterocycles. The van der Waals surface area contributed by atoms with Crippen LogP contribution in [0.4, 0.5) is 5.69 Å². The van der Waals surface area contributed by atoms with E-state index < -0.39 is 4.92 Å². The molecule has 8 nitrogen and oxygen atoms in total.